The molecule has 1 aliphatic heterocycles. The van der Waals surface area contributed by atoms with Gasteiger partial charge in [-0.3, -0.25) is 20.2 Å². The summed E-state index contributed by atoms with van der Waals surface area (Å²) in [5.41, 5.74) is 0.538. The van der Waals surface area contributed by atoms with Gasteiger partial charge < -0.3 is 19.3 Å². The second kappa shape index (κ2) is 11.5. The van der Waals surface area contributed by atoms with Crippen molar-refractivity contribution in [1.29, 1.82) is 0 Å². The molecule has 10 nitrogen and oxygen atoms in total. The number of piperazine rings is 1. The number of carbonyl (C=O) groups is 2. The second-order valence-corrected chi connectivity index (χ2v) is 8.59. The first-order chi connectivity index (χ1) is 16.7. The highest BCUT2D eigenvalue weighted by molar-refractivity contribution is 7.80. The fourth-order valence-electron chi connectivity index (χ4n) is 3.56. The Bertz CT molecular complexity index is 1150. The fraction of sp³-hybridized carbons (Fsp3) is 0.318. The highest BCUT2D eigenvalue weighted by Gasteiger charge is 2.27. The molecule has 3 rings (SSSR count). The molecule has 0 aliphatic carbocycles. The molecular weight excluding hydrogens is 519 g/mol. The van der Waals surface area contributed by atoms with E-state index in [1.807, 2.05) is 4.90 Å². The van der Waals surface area contributed by atoms with Crippen LogP contribution in [-0.2, 0) is 4.74 Å². The topological polar surface area (TPSA) is 114 Å². The number of nitrogens with one attached hydrogen (secondary N) is 1. The maximum atomic E-state index is 12.6. The Morgan fingerprint density at radius 2 is 1.74 bits per heavy atom. The van der Waals surface area contributed by atoms with Crippen molar-refractivity contribution in [2.24, 2.45) is 0 Å². The number of carbonyl (C=O) groups excluding carboxylic acids is 2. The molecule has 0 saturated carbocycles. The van der Waals surface area contributed by atoms with E-state index < -0.39 is 16.8 Å². The molecular formula is C22H22Cl2N4O6S. The Morgan fingerprint density at radius 1 is 1.11 bits per heavy atom. The summed E-state index contributed by atoms with van der Waals surface area (Å²) in [7, 11) is 1.42. The van der Waals surface area contributed by atoms with Crippen molar-refractivity contribution < 1.29 is 24.0 Å². The van der Waals surface area contributed by atoms with E-state index in [1.54, 1.807) is 11.8 Å². The van der Waals surface area contributed by atoms with Crippen LogP contribution in [0.3, 0.4) is 0 Å². The zero-order chi connectivity index (χ0) is 25.7. The molecule has 1 heterocycles. The number of nitro groups is 1. The molecule has 0 spiro atoms. The lowest BCUT2D eigenvalue weighted by molar-refractivity contribution is -0.384. The number of nitrogens with zero attached hydrogens (tertiary/aromatic N) is 3. The van der Waals surface area contributed by atoms with Crippen molar-refractivity contribution in [2.45, 2.75) is 6.92 Å². The van der Waals surface area contributed by atoms with Crippen LogP contribution < -0.4 is 15.0 Å². The average molecular weight is 541 g/mol. The average Bonchev–Trinajstić information content (AvgIpc) is 2.83. The number of nitro benzene ring substituents is 1. The number of benzene rings is 2. The Labute approximate surface area is 216 Å². The van der Waals surface area contributed by atoms with Crippen LogP contribution in [0.5, 0.6) is 5.75 Å². The molecule has 1 fully saturated rings. The van der Waals surface area contributed by atoms with Gasteiger partial charge >= 0.3 is 5.97 Å². The standard InChI is InChI=1S/C22H22Cl2N4O6S/c1-3-34-21(30)13-4-5-17(18(12-13)28(31)32)26-6-8-27(9-7-26)22(35)25-20(29)14-10-15(23)19(33-2)16(24)11-14/h4-5,10-12H,3,6-9H2,1-2H3,(H,25,29,35). The van der Waals surface area contributed by atoms with Gasteiger partial charge in [0.2, 0.25) is 0 Å². The zero-order valence-corrected chi connectivity index (χ0v) is 21.2. The maximum absolute atomic E-state index is 12.6. The van der Waals surface area contributed by atoms with Crippen molar-refractivity contribution >= 4 is 63.8 Å². The number of methoxy groups -OCH3 is 1. The predicted molar refractivity (Wildman–Crippen MR) is 136 cm³/mol. The lowest BCUT2D eigenvalue weighted by atomic mass is 10.1. The van der Waals surface area contributed by atoms with Gasteiger partial charge in [-0.25, -0.2) is 4.79 Å². The Kier molecular flexibility index (Phi) is 8.71. The summed E-state index contributed by atoms with van der Waals surface area (Å²) >= 11 is 17.6. The molecule has 1 amide bonds. The normalized spacial score (nSPS) is 13.3. The first-order valence-corrected chi connectivity index (χ1v) is 11.7. The van der Waals surface area contributed by atoms with E-state index in [0.717, 1.165) is 0 Å². The highest BCUT2D eigenvalue weighted by Crippen LogP contribution is 2.34. The first-order valence-electron chi connectivity index (χ1n) is 10.5. The SMILES string of the molecule is CCOC(=O)c1ccc(N2CCN(C(=S)NC(=O)c3cc(Cl)c(OC)c(Cl)c3)CC2)c([N+](=O)[O-])c1. The summed E-state index contributed by atoms with van der Waals surface area (Å²) in [6, 6.07) is 7.12. The van der Waals surface area contributed by atoms with Crippen LogP contribution in [0.4, 0.5) is 11.4 Å². The van der Waals surface area contributed by atoms with Gasteiger partial charge in [-0.2, -0.15) is 0 Å². The zero-order valence-electron chi connectivity index (χ0n) is 18.9. The predicted octanol–water partition coefficient (Wildman–Crippen LogP) is 3.92. The van der Waals surface area contributed by atoms with Gasteiger partial charge in [-0.15, -0.1) is 0 Å². The van der Waals surface area contributed by atoms with Crippen LogP contribution in [0.25, 0.3) is 0 Å². The summed E-state index contributed by atoms with van der Waals surface area (Å²) in [4.78, 5) is 39.3. The minimum atomic E-state index is -0.618. The molecule has 13 heteroatoms. The molecule has 0 atom stereocenters. The van der Waals surface area contributed by atoms with Gasteiger partial charge in [0.25, 0.3) is 11.6 Å². The molecule has 186 valence electrons. The number of hydrogen-bond donors (Lipinski definition) is 1. The van der Waals surface area contributed by atoms with E-state index in [4.69, 9.17) is 44.9 Å². The summed E-state index contributed by atoms with van der Waals surface area (Å²) in [5, 5.41) is 14.9. The van der Waals surface area contributed by atoms with E-state index in [2.05, 4.69) is 5.32 Å². The number of thiocarbonyl (C=S) groups is 1. The number of anilines is 1. The number of amides is 1. The minimum Gasteiger partial charge on any atom is -0.494 e. The Hall–Kier alpha value is -3.15. The molecule has 2 aromatic carbocycles. The summed E-state index contributed by atoms with van der Waals surface area (Å²) in [6.45, 7) is 3.49. The van der Waals surface area contributed by atoms with E-state index in [-0.39, 0.29) is 44.3 Å². The smallest absolute Gasteiger partial charge is 0.338 e. The largest absolute Gasteiger partial charge is 0.494 e. The minimum absolute atomic E-state index is 0.114. The molecule has 0 unspecified atom stereocenters. The van der Waals surface area contributed by atoms with E-state index in [1.165, 1.54) is 37.4 Å². The number of ether oxygens (including phenoxy) is 2. The van der Waals surface area contributed by atoms with Gasteiger partial charge in [0.1, 0.15) is 5.69 Å². The van der Waals surface area contributed by atoms with Crippen LogP contribution in [0.1, 0.15) is 27.6 Å². The summed E-state index contributed by atoms with van der Waals surface area (Å²) in [5.74, 6) is -0.825. The molecule has 1 saturated heterocycles. The molecule has 1 N–H and O–H groups in total. The van der Waals surface area contributed by atoms with Crippen molar-refractivity contribution in [3.05, 3.63) is 61.6 Å². The molecule has 0 aromatic heterocycles. The number of rotatable bonds is 6. The van der Waals surface area contributed by atoms with Gasteiger partial charge in [0.15, 0.2) is 10.9 Å². The van der Waals surface area contributed by atoms with E-state index in [0.29, 0.717) is 31.9 Å². The van der Waals surface area contributed by atoms with E-state index in [9.17, 15) is 19.7 Å². The van der Waals surface area contributed by atoms with Crippen molar-refractivity contribution in [2.75, 3.05) is 44.8 Å². The first kappa shape index (κ1) is 26.5. The molecule has 0 radical (unpaired) electrons. The summed E-state index contributed by atoms with van der Waals surface area (Å²) < 4.78 is 10.0. The third kappa shape index (κ3) is 6.11. The van der Waals surface area contributed by atoms with Gasteiger partial charge in [0, 0.05) is 37.8 Å². The van der Waals surface area contributed by atoms with Gasteiger partial charge in [-0.05, 0) is 43.4 Å². The van der Waals surface area contributed by atoms with Crippen LogP contribution >= 0.6 is 35.4 Å². The maximum Gasteiger partial charge on any atom is 0.338 e. The highest BCUT2D eigenvalue weighted by atomic mass is 35.5. The third-order valence-corrected chi connectivity index (χ3v) is 6.20. The van der Waals surface area contributed by atoms with Crippen molar-refractivity contribution in [1.82, 2.24) is 10.2 Å². The monoisotopic (exact) mass is 540 g/mol. The van der Waals surface area contributed by atoms with Crippen LogP contribution in [0, 0.1) is 10.1 Å². The number of halogens is 2. The van der Waals surface area contributed by atoms with Crippen LogP contribution in [0.2, 0.25) is 10.0 Å². The van der Waals surface area contributed by atoms with Crippen LogP contribution in [-0.4, -0.2) is 66.7 Å². The quantitative estimate of drug-likeness (QED) is 0.252. The number of esters is 1. The van der Waals surface area contributed by atoms with Gasteiger partial charge in [0.05, 0.1) is 34.2 Å². The van der Waals surface area contributed by atoms with Gasteiger partial charge in [-0.1, -0.05) is 23.2 Å². The molecule has 1 aliphatic rings. The van der Waals surface area contributed by atoms with E-state index >= 15 is 0 Å². The molecule has 0 bridgehead atoms. The van der Waals surface area contributed by atoms with Crippen molar-refractivity contribution in [3.63, 3.8) is 0 Å². The Balaban J connectivity index is 1.65. The lowest BCUT2D eigenvalue weighted by Crippen LogP contribution is -2.52. The fourth-order valence-corrected chi connectivity index (χ4v) is 4.48. The number of hydrogen-bond acceptors (Lipinski definition) is 8. The molecule has 35 heavy (non-hydrogen) atoms. The molecule has 2 aromatic rings. The van der Waals surface area contributed by atoms with Crippen molar-refractivity contribution in [3.8, 4) is 5.75 Å². The Morgan fingerprint density at radius 3 is 2.29 bits per heavy atom. The lowest BCUT2D eigenvalue weighted by Gasteiger charge is -2.37. The second-order valence-electron chi connectivity index (χ2n) is 7.39. The third-order valence-electron chi connectivity index (χ3n) is 5.28. The summed E-state index contributed by atoms with van der Waals surface area (Å²) in [6.07, 6.45) is 0. The van der Waals surface area contributed by atoms with Crippen LogP contribution in [0.15, 0.2) is 30.3 Å².